The van der Waals surface area contributed by atoms with Gasteiger partial charge in [0.2, 0.25) is 0 Å². The summed E-state index contributed by atoms with van der Waals surface area (Å²) < 4.78 is 7.37. The van der Waals surface area contributed by atoms with Gasteiger partial charge < -0.3 is 10.1 Å². The number of hydrogen-bond acceptors (Lipinski definition) is 3. The van der Waals surface area contributed by atoms with Crippen LogP contribution in [0.25, 0.3) is 27.7 Å². The monoisotopic (exact) mass is 369 g/mol. The maximum Gasteiger partial charge on any atom is 0.133 e. The zero-order chi connectivity index (χ0) is 18.9. The summed E-state index contributed by atoms with van der Waals surface area (Å²) in [6.07, 6.45) is 3.38. The highest BCUT2D eigenvalue weighted by atomic mass is 16.5. The van der Waals surface area contributed by atoms with Crippen LogP contribution in [0.15, 0.2) is 66.7 Å². The van der Waals surface area contributed by atoms with Crippen LogP contribution in [0.2, 0.25) is 0 Å². The van der Waals surface area contributed by atoms with Gasteiger partial charge in [-0.1, -0.05) is 42.5 Å². The molecule has 4 aromatic rings. The number of ether oxygens (including phenoxy) is 1. The molecule has 0 amide bonds. The van der Waals surface area contributed by atoms with E-state index in [0.717, 1.165) is 35.9 Å². The van der Waals surface area contributed by atoms with Crippen LogP contribution in [0.3, 0.4) is 0 Å². The van der Waals surface area contributed by atoms with Crippen LogP contribution in [0.1, 0.15) is 18.4 Å². The van der Waals surface area contributed by atoms with Gasteiger partial charge in [-0.25, -0.2) is 4.68 Å². The lowest BCUT2D eigenvalue weighted by molar-refractivity contribution is 0.414. The summed E-state index contributed by atoms with van der Waals surface area (Å²) in [5.74, 6) is 1.97. The van der Waals surface area contributed by atoms with E-state index in [0.29, 0.717) is 0 Å². The predicted octanol–water partition coefficient (Wildman–Crippen LogP) is 5.45. The number of nitrogens with one attached hydrogen (secondary N) is 1. The number of benzene rings is 3. The fourth-order valence-corrected chi connectivity index (χ4v) is 4.06. The highest BCUT2D eigenvalue weighted by Gasteiger charge is 2.22. The first-order valence-electron chi connectivity index (χ1n) is 9.83. The molecule has 4 heteroatoms. The molecule has 0 unspecified atom stereocenters. The molecule has 0 saturated carbocycles. The molecule has 1 aliphatic rings. The Balaban J connectivity index is 1.73. The molecule has 3 aromatic carbocycles. The Labute approximate surface area is 164 Å². The van der Waals surface area contributed by atoms with Crippen molar-refractivity contribution in [2.45, 2.75) is 19.3 Å². The van der Waals surface area contributed by atoms with E-state index in [4.69, 9.17) is 9.84 Å². The van der Waals surface area contributed by atoms with Gasteiger partial charge in [0.25, 0.3) is 0 Å². The van der Waals surface area contributed by atoms with Gasteiger partial charge in [0.1, 0.15) is 11.6 Å². The normalized spacial score (nSPS) is 13.6. The quantitative estimate of drug-likeness (QED) is 0.522. The molecule has 0 fully saturated rings. The predicted molar refractivity (Wildman–Crippen MR) is 114 cm³/mol. The van der Waals surface area contributed by atoms with Crippen molar-refractivity contribution in [3.8, 4) is 22.7 Å². The summed E-state index contributed by atoms with van der Waals surface area (Å²) in [6, 6.07) is 23.1. The van der Waals surface area contributed by atoms with E-state index in [-0.39, 0.29) is 0 Å². The second-order valence-electron chi connectivity index (χ2n) is 7.20. The van der Waals surface area contributed by atoms with E-state index < -0.39 is 0 Å². The molecule has 28 heavy (non-hydrogen) atoms. The first-order valence-corrected chi connectivity index (χ1v) is 9.83. The number of hydrogen-bond donors (Lipinski definition) is 1. The molecule has 1 N–H and O–H groups in total. The standard InChI is InChI=1S/C24H23N3O/c1-28-19-14-12-18(13-15-19)27-24-22(10-4-5-16-25-24)23(26-27)21-11-6-8-17-7-2-3-9-20(17)21/h2-3,6-9,11-15,25H,4-5,10,16H2,1H3. The van der Waals surface area contributed by atoms with Gasteiger partial charge in [-0.05, 0) is 54.3 Å². The van der Waals surface area contributed by atoms with Gasteiger partial charge >= 0.3 is 0 Å². The van der Waals surface area contributed by atoms with Crippen LogP contribution in [0.5, 0.6) is 5.75 Å². The molecule has 0 radical (unpaired) electrons. The minimum Gasteiger partial charge on any atom is -0.497 e. The number of rotatable bonds is 3. The largest absolute Gasteiger partial charge is 0.497 e. The molecule has 0 aliphatic carbocycles. The fraction of sp³-hybridized carbons (Fsp3) is 0.208. The lowest BCUT2D eigenvalue weighted by Gasteiger charge is -2.09. The Hall–Kier alpha value is -3.27. The van der Waals surface area contributed by atoms with Crippen LogP contribution >= 0.6 is 0 Å². The van der Waals surface area contributed by atoms with Crippen molar-refractivity contribution in [1.82, 2.24) is 9.78 Å². The van der Waals surface area contributed by atoms with Gasteiger partial charge in [0, 0.05) is 17.7 Å². The lowest BCUT2D eigenvalue weighted by atomic mass is 9.98. The van der Waals surface area contributed by atoms with Crippen molar-refractivity contribution >= 4 is 16.6 Å². The third-order valence-corrected chi connectivity index (χ3v) is 5.49. The SMILES string of the molecule is COc1ccc(-n2nc(-c3cccc4ccccc34)c3c2NCCCC3)cc1. The van der Waals surface area contributed by atoms with Crippen LogP contribution in [-0.4, -0.2) is 23.4 Å². The van der Waals surface area contributed by atoms with E-state index >= 15 is 0 Å². The summed E-state index contributed by atoms with van der Waals surface area (Å²) in [5.41, 5.74) is 4.63. The molecular weight excluding hydrogens is 346 g/mol. The highest BCUT2D eigenvalue weighted by Crippen LogP contribution is 2.37. The summed E-state index contributed by atoms with van der Waals surface area (Å²) in [5, 5.41) is 11.2. The number of nitrogens with zero attached hydrogens (tertiary/aromatic N) is 2. The average Bonchev–Trinajstić information content (AvgIpc) is 2.94. The zero-order valence-corrected chi connectivity index (χ0v) is 16.0. The third-order valence-electron chi connectivity index (χ3n) is 5.49. The van der Waals surface area contributed by atoms with Crippen LogP contribution in [0.4, 0.5) is 5.82 Å². The number of fused-ring (bicyclic) bond motifs is 2. The van der Waals surface area contributed by atoms with Gasteiger partial charge in [-0.3, -0.25) is 0 Å². The Morgan fingerprint density at radius 1 is 0.929 bits per heavy atom. The summed E-state index contributed by atoms with van der Waals surface area (Å²) in [7, 11) is 1.69. The molecule has 5 rings (SSSR count). The van der Waals surface area contributed by atoms with E-state index in [1.54, 1.807) is 7.11 Å². The van der Waals surface area contributed by atoms with Crippen molar-refractivity contribution in [3.63, 3.8) is 0 Å². The Bertz CT molecular complexity index is 1120. The second-order valence-corrected chi connectivity index (χ2v) is 7.20. The topological polar surface area (TPSA) is 39.1 Å². The van der Waals surface area contributed by atoms with Crippen LogP contribution in [-0.2, 0) is 6.42 Å². The molecule has 0 saturated heterocycles. The molecule has 140 valence electrons. The van der Waals surface area contributed by atoms with Gasteiger partial charge in [0.15, 0.2) is 0 Å². The minimum absolute atomic E-state index is 0.851. The second kappa shape index (κ2) is 7.04. The van der Waals surface area contributed by atoms with Gasteiger partial charge in [-0.15, -0.1) is 0 Å². The summed E-state index contributed by atoms with van der Waals surface area (Å²) >= 11 is 0. The Kier molecular flexibility index (Phi) is 4.24. The van der Waals surface area contributed by atoms with Crippen LogP contribution in [0, 0.1) is 0 Å². The van der Waals surface area contributed by atoms with Crippen molar-refractivity contribution in [2.24, 2.45) is 0 Å². The van der Waals surface area contributed by atoms with Crippen molar-refractivity contribution in [2.75, 3.05) is 19.0 Å². The number of aromatic nitrogens is 2. The third kappa shape index (κ3) is 2.82. The van der Waals surface area contributed by atoms with Crippen molar-refractivity contribution in [1.29, 1.82) is 0 Å². The number of anilines is 1. The summed E-state index contributed by atoms with van der Waals surface area (Å²) in [6.45, 7) is 0.976. The molecule has 4 nitrogen and oxygen atoms in total. The van der Waals surface area contributed by atoms with E-state index in [1.807, 2.05) is 12.1 Å². The van der Waals surface area contributed by atoms with Crippen molar-refractivity contribution in [3.05, 3.63) is 72.3 Å². The fourth-order valence-electron chi connectivity index (χ4n) is 4.06. The smallest absolute Gasteiger partial charge is 0.133 e. The first kappa shape index (κ1) is 16.9. The molecule has 0 spiro atoms. The van der Waals surface area contributed by atoms with E-state index in [2.05, 4.69) is 64.6 Å². The molecular formula is C24H23N3O. The Morgan fingerprint density at radius 3 is 2.61 bits per heavy atom. The molecule has 1 aromatic heterocycles. The molecule has 2 heterocycles. The Morgan fingerprint density at radius 2 is 1.75 bits per heavy atom. The van der Waals surface area contributed by atoms with E-state index in [9.17, 15) is 0 Å². The number of methoxy groups -OCH3 is 1. The minimum atomic E-state index is 0.851. The molecule has 0 atom stereocenters. The molecule has 0 bridgehead atoms. The van der Waals surface area contributed by atoms with Crippen molar-refractivity contribution < 1.29 is 4.74 Å². The van der Waals surface area contributed by atoms with Crippen LogP contribution < -0.4 is 10.1 Å². The van der Waals surface area contributed by atoms with Gasteiger partial charge in [-0.2, -0.15) is 5.10 Å². The average molecular weight is 369 g/mol. The zero-order valence-electron chi connectivity index (χ0n) is 16.0. The maximum atomic E-state index is 5.32. The maximum absolute atomic E-state index is 5.32. The molecule has 1 aliphatic heterocycles. The summed E-state index contributed by atoms with van der Waals surface area (Å²) in [4.78, 5) is 0. The highest BCUT2D eigenvalue weighted by molar-refractivity contribution is 5.97. The van der Waals surface area contributed by atoms with Gasteiger partial charge in [0.05, 0.1) is 18.5 Å². The lowest BCUT2D eigenvalue weighted by Crippen LogP contribution is -2.07. The first-order chi connectivity index (χ1) is 13.8. The van der Waals surface area contributed by atoms with E-state index in [1.165, 1.54) is 34.7 Å².